The molecule has 3 nitrogen and oxygen atoms in total. The van der Waals surface area contributed by atoms with Crippen molar-refractivity contribution in [3.63, 3.8) is 0 Å². The van der Waals surface area contributed by atoms with Crippen molar-refractivity contribution in [3.8, 4) is 0 Å². The average molecular weight is 195 g/mol. The van der Waals surface area contributed by atoms with Crippen LogP contribution in [-0.4, -0.2) is 50.7 Å². The van der Waals surface area contributed by atoms with Crippen LogP contribution in [0.15, 0.2) is 0 Å². The third-order valence-corrected chi connectivity index (χ3v) is 4.23. The third kappa shape index (κ3) is 1.58. The lowest BCUT2D eigenvalue weighted by Crippen LogP contribution is -2.48. The molecule has 3 heteroatoms. The van der Waals surface area contributed by atoms with Crippen molar-refractivity contribution in [1.82, 2.24) is 15.5 Å². The fourth-order valence-corrected chi connectivity index (χ4v) is 3.17. The van der Waals surface area contributed by atoms with E-state index in [1.807, 2.05) is 0 Å². The molecule has 1 spiro atoms. The normalized spacial score (nSPS) is 39.4. The number of hydrogen-bond donors (Lipinski definition) is 2. The van der Waals surface area contributed by atoms with Gasteiger partial charge in [-0.1, -0.05) is 0 Å². The van der Waals surface area contributed by atoms with Gasteiger partial charge in [0.1, 0.15) is 0 Å². The Labute approximate surface area is 86.2 Å². The van der Waals surface area contributed by atoms with Crippen molar-refractivity contribution in [1.29, 1.82) is 0 Å². The zero-order valence-electron chi connectivity index (χ0n) is 8.89. The van der Waals surface area contributed by atoms with Gasteiger partial charge in [-0.2, -0.15) is 0 Å². The number of nitrogens with zero attached hydrogens (tertiary/aromatic N) is 1. The number of rotatable bonds is 2. The molecule has 0 aromatic rings. The minimum Gasteiger partial charge on any atom is -0.316 e. The molecule has 0 aromatic heterocycles. The van der Waals surface area contributed by atoms with Gasteiger partial charge in [0.05, 0.1) is 0 Å². The SMILES string of the molecule is C1CC2(CCN(CC3CNC3)C2)CN1. The van der Waals surface area contributed by atoms with E-state index in [-0.39, 0.29) is 0 Å². The first-order valence-corrected chi connectivity index (χ1v) is 6.00. The second-order valence-electron chi connectivity index (χ2n) is 5.44. The highest BCUT2D eigenvalue weighted by Crippen LogP contribution is 2.36. The van der Waals surface area contributed by atoms with Crippen LogP contribution in [0.1, 0.15) is 12.8 Å². The van der Waals surface area contributed by atoms with E-state index in [1.165, 1.54) is 58.7 Å². The van der Waals surface area contributed by atoms with Crippen molar-refractivity contribution < 1.29 is 0 Å². The van der Waals surface area contributed by atoms with Gasteiger partial charge in [0, 0.05) is 32.7 Å². The molecule has 0 amide bonds. The minimum atomic E-state index is 0.664. The van der Waals surface area contributed by atoms with E-state index in [1.54, 1.807) is 0 Å². The van der Waals surface area contributed by atoms with Crippen LogP contribution in [-0.2, 0) is 0 Å². The molecule has 3 saturated heterocycles. The first-order chi connectivity index (χ1) is 6.86. The summed E-state index contributed by atoms with van der Waals surface area (Å²) in [5.41, 5.74) is 0.664. The lowest BCUT2D eigenvalue weighted by atomic mass is 9.86. The van der Waals surface area contributed by atoms with Gasteiger partial charge in [-0.25, -0.2) is 0 Å². The molecule has 2 N–H and O–H groups in total. The molecule has 0 saturated carbocycles. The van der Waals surface area contributed by atoms with Crippen molar-refractivity contribution >= 4 is 0 Å². The van der Waals surface area contributed by atoms with Crippen LogP contribution in [0.5, 0.6) is 0 Å². The molecule has 0 radical (unpaired) electrons. The molecule has 1 unspecified atom stereocenters. The lowest BCUT2D eigenvalue weighted by molar-refractivity contribution is 0.203. The maximum Gasteiger partial charge on any atom is 0.00512 e. The van der Waals surface area contributed by atoms with Gasteiger partial charge >= 0.3 is 0 Å². The van der Waals surface area contributed by atoms with E-state index in [4.69, 9.17) is 0 Å². The van der Waals surface area contributed by atoms with Crippen LogP contribution < -0.4 is 10.6 Å². The summed E-state index contributed by atoms with van der Waals surface area (Å²) >= 11 is 0. The summed E-state index contributed by atoms with van der Waals surface area (Å²) in [6.07, 6.45) is 2.84. The zero-order valence-corrected chi connectivity index (χ0v) is 8.89. The van der Waals surface area contributed by atoms with Gasteiger partial charge in [0.25, 0.3) is 0 Å². The Hall–Kier alpha value is -0.120. The summed E-state index contributed by atoms with van der Waals surface area (Å²) < 4.78 is 0. The Morgan fingerprint density at radius 1 is 1.21 bits per heavy atom. The molecule has 0 aliphatic carbocycles. The van der Waals surface area contributed by atoms with Crippen LogP contribution >= 0.6 is 0 Å². The van der Waals surface area contributed by atoms with Crippen molar-refractivity contribution in [2.75, 3.05) is 45.8 Å². The van der Waals surface area contributed by atoms with Crippen LogP contribution in [0, 0.1) is 11.3 Å². The largest absolute Gasteiger partial charge is 0.316 e. The van der Waals surface area contributed by atoms with Crippen LogP contribution in [0.2, 0.25) is 0 Å². The highest BCUT2D eigenvalue weighted by molar-refractivity contribution is 4.96. The Morgan fingerprint density at radius 3 is 2.79 bits per heavy atom. The Kier molecular flexibility index (Phi) is 2.26. The number of nitrogens with one attached hydrogen (secondary N) is 2. The van der Waals surface area contributed by atoms with E-state index in [9.17, 15) is 0 Å². The second kappa shape index (κ2) is 3.47. The maximum absolute atomic E-state index is 3.52. The summed E-state index contributed by atoms with van der Waals surface area (Å²) in [5.74, 6) is 0.944. The van der Waals surface area contributed by atoms with Crippen molar-refractivity contribution in [2.45, 2.75) is 12.8 Å². The smallest absolute Gasteiger partial charge is 0.00512 e. The van der Waals surface area contributed by atoms with E-state index >= 15 is 0 Å². The molecule has 3 fully saturated rings. The third-order valence-electron chi connectivity index (χ3n) is 4.23. The van der Waals surface area contributed by atoms with Crippen LogP contribution in [0.25, 0.3) is 0 Å². The van der Waals surface area contributed by atoms with E-state index in [0.717, 1.165) is 5.92 Å². The van der Waals surface area contributed by atoms with Gasteiger partial charge in [-0.15, -0.1) is 0 Å². The quantitative estimate of drug-likeness (QED) is 0.644. The van der Waals surface area contributed by atoms with Crippen LogP contribution in [0.3, 0.4) is 0 Å². The van der Waals surface area contributed by atoms with E-state index < -0.39 is 0 Å². The molecular weight excluding hydrogens is 174 g/mol. The van der Waals surface area contributed by atoms with Crippen molar-refractivity contribution in [2.24, 2.45) is 11.3 Å². The molecule has 3 rings (SSSR count). The topological polar surface area (TPSA) is 27.3 Å². The summed E-state index contributed by atoms with van der Waals surface area (Å²) in [4.78, 5) is 2.69. The molecule has 3 aliphatic rings. The molecule has 3 aliphatic heterocycles. The average Bonchev–Trinajstić information content (AvgIpc) is 2.71. The van der Waals surface area contributed by atoms with E-state index in [0.29, 0.717) is 5.41 Å². The standard InChI is InChI=1S/C11H21N3/c1-3-12-8-11(1)2-4-14(9-11)7-10-5-13-6-10/h10,12-13H,1-9H2. The second-order valence-corrected chi connectivity index (χ2v) is 5.44. The minimum absolute atomic E-state index is 0.664. The predicted molar refractivity (Wildman–Crippen MR) is 57.3 cm³/mol. The Balaban J connectivity index is 1.53. The van der Waals surface area contributed by atoms with Gasteiger partial charge in [0.15, 0.2) is 0 Å². The fraction of sp³-hybridized carbons (Fsp3) is 1.00. The first-order valence-electron chi connectivity index (χ1n) is 6.00. The molecule has 0 bridgehead atoms. The Bertz CT molecular complexity index is 207. The zero-order chi connectivity index (χ0) is 9.43. The van der Waals surface area contributed by atoms with Crippen LogP contribution in [0.4, 0.5) is 0 Å². The molecule has 1 atom stereocenters. The monoisotopic (exact) mass is 195 g/mol. The first kappa shape index (κ1) is 9.13. The van der Waals surface area contributed by atoms with Crippen molar-refractivity contribution in [3.05, 3.63) is 0 Å². The van der Waals surface area contributed by atoms with Gasteiger partial charge in [-0.3, -0.25) is 0 Å². The fourth-order valence-electron chi connectivity index (χ4n) is 3.17. The summed E-state index contributed by atoms with van der Waals surface area (Å²) in [5, 5.41) is 6.88. The maximum atomic E-state index is 3.52. The Morgan fingerprint density at radius 2 is 2.14 bits per heavy atom. The summed E-state index contributed by atoms with van der Waals surface area (Å²) in [7, 11) is 0. The van der Waals surface area contributed by atoms with Gasteiger partial charge < -0.3 is 15.5 Å². The highest BCUT2D eigenvalue weighted by atomic mass is 15.2. The predicted octanol–water partition coefficient (Wildman–Crippen LogP) is -0.109. The molecule has 80 valence electrons. The van der Waals surface area contributed by atoms with Gasteiger partial charge in [0.2, 0.25) is 0 Å². The molecule has 14 heavy (non-hydrogen) atoms. The highest BCUT2D eigenvalue weighted by Gasteiger charge is 2.40. The summed E-state index contributed by atoms with van der Waals surface area (Å²) in [6, 6.07) is 0. The number of hydrogen-bond acceptors (Lipinski definition) is 3. The van der Waals surface area contributed by atoms with Gasteiger partial charge in [-0.05, 0) is 37.3 Å². The number of likely N-dealkylation sites (tertiary alicyclic amines) is 1. The summed E-state index contributed by atoms with van der Waals surface area (Å²) in [6.45, 7) is 9.07. The van der Waals surface area contributed by atoms with E-state index in [2.05, 4.69) is 15.5 Å². The molecular formula is C11H21N3. The lowest BCUT2D eigenvalue weighted by Gasteiger charge is -2.32. The molecule has 0 aromatic carbocycles. The molecule has 3 heterocycles.